The summed E-state index contributed by atoms with van der Waals surface area (Å²) in [6, 6.07) is 6.35. The molecule has 5 rings (SSSR count). The summed E-state index contributed by atoms with van der Waals surface area (Å²) in [5, 5.41) is 0. The largest absolute Gasteiger partial charge is 0.369 e. The summed E-state index contributed by atoms with van der Waals surface area (Å²) in [5.41, 5.74) is 2.85. The van der Waals surface area contributed by atoms with Crippen molar-refractivity contribution >= 4 is 0 Å². The Morgan fingerprint density at radius 3 is 1.03 bits per heavy atom. The summed E-state index contributed by atoms with van der Waals surface area (Å²) in [5.74, 6) is 0. The third-order valence-electron chi connectivity index (χ3n) is 7.00. The molecule has 2 aliphatic carbocycles. The Morgan fingerprint density at radius 2 is 0.765 bits per heavy atom. The maximum absolute atomic E-state index is 12.3. The minimum Gasteiger partial charge on any atom is -0.369 e. The van der Waals surface area contributed by atoms with Gasteiger partial charge in [0.05, 0.1) is 50.8 Å². The maximum atomic E-state index is 12.3. The molecule has 3 heterocycles. The normalized spacial score (nSPS) is 28.7. The van der Waals surface area contributed by atoms with E-state index in [-0.39, 0.29) is 35.3 Å². The topological polar surface area (TPSA) is 103 Å². The van der Waals surface area contributed by atoms with Crippen LogP contribution in [0.1, 0.15) is 74.1 Å². The first-order chi connectivity index (χ1) is 16.6. The van der Waals surface area contributed by atoms with Crippen LogP contribution in [0, 0.1) is 0 Å². The van der Waals surface area contributed by atoms with Gasteiger partial charge >= 0.3 is 0 Å². The summed E-state index contributed by atoms with van der Waals surface area (Å²) >= 11 is 0. The van der Waals surface area contributed by atoms with Crippen LogP contribution in [-0.2, 0) is 45.4 Å². The van der Waals surface area contributed by atoms with Crippen molar-refractivity contribution in [3.05, 3.63) is 67.5 Å². The van der Waals surface area contributed by atoms with Gasteiger partial charge in [0.2, 0.25) is 0 Å². The van der Waals surface area contributed by atoms with Gasteiger partial charge < -0.3 is 28.9 Å². The van der Waals surface area contributed by atoms with E-state index in [2.05, 4.69) is 9.97 Å². The van der Waals surface area contributed by atoms with Gasteiger partial charge in [-0.2, -0.15) is 0 Å². The van der Waals surface area contributed by atoms with Crippen molar-refractivity contribution in [3.63, 3.8) is 0 Å². The fourth-order valence-electron chi connectivity index (χ4n) is 5.31. The lowest BCUT2D eigenvalue weighted by Gasteiger charge is -2.32. The second-order valence-corrected chi connectivity index (χ2v) is 9.70. The first-order valence-corrected chi connectivity index (χ1v) is 12.5. The van der Waals surface area contributed by atoms with Crippen LogP contribution in [0.5, 0.6) is 0 Å². The molecule has 2 N–H and O–H groups in total. The number of ether oxygens (including phenoxy) is 4. The fourth-order valence-corrected chi connectivity index (χ4v) is 5.31. The van der Waals surface area contributed by atoms with Crippen molar-refractivity contribution in [3.8, 4) is 0 Å². The number of nitrogens with one attached hydrogen (secondary N) is 2. The van der Waals surface area contributed by atoms with E-state index in [0.717, 1.165) is 74.1 Å². The minimum absolute atomic E-state index is 0.0549. The molecule has 3 aliphatic rings. The highest BCUT2D eigenvalue weighted by molar-refractivity contribution is 5.12. The van der Waals surface area contributed by atoms with E-state index in [9.17, 15) is 9.59 Å². The molecule has 0 amide bonds. The smallest absolute Gasteiger partial charge is 0.182 e. The molecule has 2 fully saturated rings. The zero-order valence-corrected chi connectivity index (χ0v) is 19.6. The molecule has 4 unspecified atom stereocenters. The number of hydrogen-bond acceptors (Lipinski definition) is 6. The van der Waals surface area contributed by atoms with E-state index in [0.29, 0.717) is 26.4 Å². The van der Waals surface area contributed by atoms with Crippen LogP contribution in [0.2, 0.25) is 0 Å². The Morgan fingerprint density at radius 1 is 0.500 bits per heavy atom. The van der Waals surface area contributed by atoms with Crippen LogP contribution in [0.15, 0.2) is 33.9 Å². The van der Waals surface area contributed by atoms with Crippen LogP contribution in [0.4, 0.5) is 0 Å². The number of pyridine rings is 2. The van der Waals surface area contributed by atoms with Crippen molar-refractivity contribution in [2.75, 3.05) is 0 Å². The second-order valence-electron chi connectivity index (χ2n) is 9.70. The van der Waals surface area contributed by atoms with E-state index in [1.165, 1.54) is 0 Å². The summed E-state index contributed by atoms with van der Waals surface area (Å²) in [7, 11) is 0. The van der Waals surface area contributed by atoms with Gasteiger partial charge in [0, 0.05) is 47.0 Å². The number of aromatic amines is 2. The molecule has 1 aliphatic heterocycles. The molecule has 0 saturated heterocycles. The van der Waals surface area contributed by atoms with Crippen LogP contribution in [0.25, 0.3) is 0 Å². The molecule has 184 valence electrons. The predicted octanol–water partition coefficient (Wildman–Crippen LogP) is 3.47. The molecule has 0 radical (unpaired) electrons. The maximum Gasteiger partial charge on any atom is 0.182 e. The molecule has 4 atom stereocenters. The number of H-pyrrole nitrogens is 2. The lowest BCUT2D eigenvalue weighted by atomic mass is 9.94. The average Bonchev–Trinajstić information content (AvgIpc) is 2.83. The zero-order valence-electron chi connectivity index (χ0n) is 19.6. The van der Waals surface area contributed by atoms with Crippen molar-refractivity contribution < 1.29 is 18.9 Å². The Balaban J connectivity index is 1.40. The third-order valence-corrected chi connectivity index (χ3v) is 7.00. The Bertz CT molecular complexity index is 919. The van der Waals surface area contributed by atoms with Gasteiger partial charge in [-0.05, 0) is 25.7 Å². The van der Waals surface area contributed by atoms with Crippen molar-refractivity contribution in [2.45, 2.75) is 102 Å². The van der Waals surface area contributed by atoms with Gasteiger partial charge in [0.15, 0.2) is 10.9 Å². The first kappa shape index (κ1) is 23.5. The molecular weight excluding hydrogens is 436 g/mol. The molecule has 8 heteroatoms. The van der Waals surface area contributed by atoms with E-state index >= 15 is 0 Å². The standard InChI is InChI=1S/C26H34N2O6/c29-21-9-17-13-31-23-5-1-2-6-24(23)32-14-18-10-22(30)12-20(28-18)16-34-26-8-4-3-7-25(26)33-15-19(11-21)27-17/h9-12,23-26H,1-8,13-16H2,(H,27,29)(H,28,30). The van der Waals surface area contributed by atoms with Gasteiger partial charge in [-0.1, -0.05) is 25.7 Å². The highest BCUT2D eigenvalue weighted by Crippen LogP contribution is 2.27. The molecule has 0 aromatic carbocycles. The molecule has 2 aromatic heterocycles. The quantitative estimate of drug-likeness (QED) is 0.611. The monoisotopic (exact) mass is 470 g/mol. The zero-order chi connectivity index (χ0) is 23.3. The molecule has 8 nitrogen and oxygen atoms in total. The Kier molecular flexibility index (Phi) is 7.59. The van der Waals surface area contributed by atoms with Gasteiger partial charge in [-0.3, -0.25) is 9.59 Å². The van der Waals surface area contributed by atoms with Crippen LogP contribution in [-0.4, -0.2) is 34.4 Å². The summed E-state index contributed by atoms with van der Waals surface area (Å²) < 4.78 is 24.9. The first-order valence-electron chi connectivity index (χ1n) is 12.5. The summed E-state index contributed by atoms with van der Waals surface area (Å²) in [6.07, 6.45) is 7.74. The second kappa shape index (κ2) is 11.0. The average molecular weight is 471 g/mol. The molecular formula is C26H34N2O6. The van der Waals surface area contributed by atoms with E-state index in [4.69, 9.17) is 18.9 Å². The predicted molar refractivity (Wildman–Crippen MR) is 125 cm³/mol. The number of aromatic nitrogens is 2. The van der Waals surface area contributed by atoms with Crippen LogP contribution in [0.3, 0.4) is 0 Å². The highest BCUT2D eigenvalue weighted by Gasteiger charge is 2.28. The number of hydrogen-bond donors (Lipinski definition) is 2. The van der Waals surface area contributed by atoms with Gasteiger partial charge in [0.1, 0.15) is 0 Å². The SMILES string of the molecule is O=c1cc2[nH]c(c1)COC1CCCCC1OCc1cc(=O)cc([nH]1)COC1CCCCC1OC2. The van der Waals surface area contributed by atoms with Crippen LogP contribution >= 0.6 is 0 Å². The summed E-state index contributed by atoms with van der Waals surface area (Å²) in [4.78, 5) is 31.2. The van der Waals surface area contributed by atoms with Crippen LogP contribution < -0.4 is 10.9 Å². The molecule has 4 bridgehead atoms. The molecule has 2 saturated carbocycles. The van der Waals surface area contributed by atoms with Crippen molar-refractivity contribution in [1.82, 2.24) is 9.97 Å². The van der Waals surface area contributed by atoms with Crippen molar-refractivity contribution in [2.24, 2.45) is 0 Å². The van der Waals surface area contributed by atoms with E-state index < -0.39 is 0 Å². The number of fused-ring (bicyclic) bond motifs is 6. The van der Waals surface area contributed by atoms with E-state index in [1.54, 1.807) is 24.3 Å². The van der Waals surface area contributed by atoms with E-state index in [1.807, 2.05) is 0 Å². The van der Waals surface area contributed by atoms with Gasteiger partial charge in [-0.25, -0.2) is 0 Å². The van der Waals surface area contributed by atoms with Crippen molar-refractivity contribution in [1.29, 1.82) is 0 Å². The fraction of sp³-hybridized carbons (Fsp3) is 0.615. The highest BCUT2D eigenvalue weighted by atomic mass is 16.5. The summed E-state index contributed by atoms with van der Waals surface area (Å²) in [6.45, 7) is 1.26. The Labute approximate surface area is 199 Å². The lowest BCUT2D eigenvalue weighted by molar-refractivity contribution is -0.108. The minimum atomic E-state index is -0.0581. The Hall–Kier alpha value is -2.26. The van der Waals surface area contributed by atoms with Gasteiger partial charge in [0.25, 0.3) is 0 Å². The number of rotatable bonds is 0. The molecule has 0 spiro atoms. The third kappa shape index (κ3) is 6.05. The molecule has 2 aromatic rings. The lowest BCUT2D eigenvalue weighted by Crippen LogP contribution is -2.35. The molecule has 34 heavy (non-hydrogen) atoms. The van der Waals surface area contributed by atoms with Gasteiger partial charge in [-0.15, -0.1) is 0 Å².